The molecule has 0 amide bonds. The van der Waals surface area contributed by atoms with Gasteiger partial charge in [0.15, 0.2) is 5.78 Å². The molecule has 2 saturated carbocycles. The maximum Gasteiger partial charge on any atom is 0.156 e. The van der Waals surface area contributed by atoms with Crippen LogP contribution in [-0.2, 0) is 9.59 Å². The Morgan fingerprint density at radius 1 is 1.08 bits per heavy atom. The van der Waals surface area contributed by atoms with Crippen LogP contribution in [0, 0.1) is 22.2 Å². The minimum atomic E-state index is -0.207. The highest BCUT2D eigenvalue weighted by molar-refractivity contribution is 5.93. The number of ketones is 2. The van der Waals surface area contributed by atoms with Gasteiger partial charge in [-0.2, -0.15) is 0 Å². The summed E-state index contributed by atoms with van der Waals surface area (Å²) in [5.41, 5.74) is 4.57. The van der Waals surface area contributed by atoms with Gasteiger partial charge in [0, 0.05) is 11.8 Å². The van der Waals surface area contributed by atoms with E-state index in [2.05, 4.69) is 19.1 Å². The molecule has 2 heteroatoms. The molecule has 4 atom stereocenters. The quantitative estimate of drug-likeness (QED) is 0.655. The number of Topliss-reactive ketones (excluding diaryl/α,β-unsaturated/α-hetero) is 1. The van der Waals surface area contributed by atoms with E-state index < -0.39 is 0 Å². The molecule has 0 aromatic heterocycles. The maximum atomic E-state index is 12.6. The Hall–Kier alpha value is -1.44. The average molecular weight is 322 g/mol. The van der Waals surface area contributed by atoms with Crippen molar-refractivity contribution in [2.24, 2.45) is 22.2 Å². The molecule has 0 saturated heterocycles. The van der Waals surface area contributed by atoms with Crippen molar-refractivity contribution in [3.05, 3.63) is 34.9 Å². The van der Waals surface area contributed by atoms with E-state index in [-0.39, 0.29) is 16.2 Å². The van der Waals surface area contributed by atoms with Crippen LogP contribution >= 0.6 is 0 Å². The van der Waals surface area contributed by atoms with E-state index in [0.29, 0.717) is 23.9 Å². The lowest BCUT2D eigenvalue weighted by Gasteiger charge is -2.55. The Kier molecular flexibility index (Phi) is 2.72. The number of carbonyl (C=O) groups excluding carboxylic acids is 2. The summed E-state index contributed by atoms with van der Waals surface area (Å²) in [5, 5.41) is 0. The van der Waals surface area contributed by atoms with Crippen LogP contribution in [0.15, 0.2) is 34.9 Å². The van der Waals surface area contributed by atoms with E-state index in [1.807, 2.05) is 6.08 Å². The van der Waals surface area contributed by atoms with Gasteiger partial charge in [-0.05, 0) is 80.4 Å². The van der Waals surface area contributed by atoms with Crippen LogP contribution in [0.4, 0.5) is 0 Å². The monoisotopic (exact) mass is 322 g/mol. The topological polar surface area (TPSA) is 34.1 Å². The molecular formula is C22H26O2. The molecule has 24 heavy (non-hydrogen) atoms. The number of allylic oxidation sites excluding steroid dienone is 6. The molecule has 0 aliphatic heterocycles. The second-order valence-electron chi connectivity index (χ2n) is 8.96. The smallest absolute Gasteiger partial charge is 0.156 e. The lowest BCUT2D eigenvalue weighted by atomic mass is 9.48. The molecule has 0 aromatic carbocycles. The molecule has 126 valence electrons. The summed E-state index contributed by atoms with van der Waals surface area (Å²) in [5.74, 6) is 1.27. The van der Waals surface area contributed by atoms with Crippen LogP contribution in [0.1, 0.15) is 65.2 Å². The molecule has 0 N–H and O–H groups in total. The zero-order valence-corrected chi connectivity index (χ0v) is 14.8. The molecule has 0 heterocycles. The molecular weight excluding hydrogens is 296 g/mol. The molecule has 2 fully saturated rings. The van der Waals surface area contributed by atoms with Gasteiger partial charge in [0.2, 0.25) is 0 Å². The van der Waals surface area contributed by atoms with Crippen molar-refractivity contribution in [3.63, 3.8) is 0 Å². The van der Waals surface area contributed by atoms with E-state index in [1.54, 1.807) is 12.5 Å². The van der Waals surface area contributed by atoms with Gasteiger partial charge in [-0.15, -0.1) is 0 Å². The van der Waals surface area contributed by atoms with Gasteiger partial charge >= 0.3 is 0 Å². The van der Waals surface area contributed by atoms with Crippen molar-refractivity contribution >= 4 is 11.6 Å². The Morgan fingerprint density at radius 3 is 2.62 bits per heavy atom. The molecule has 5 aliphatic rings. The minimum Gasteiger partial charge on any atom is -0.299 e. The zero-order valence-electron chi connectivity index (χ0n) is 14.8. The third-order valence-electron chi connectivity index (χ3n) is 8.61. The van der Waals surface area contributed by atoms with E-state index in [4.69, 9.17) is 0 Å². The van der Waals surface area contributed by atoms with Crippen molar-refractivity contribution in [1.29, 1.82) is 0 Å². The Bertz CT molecular complexity index is 767. The van der Waals surface area contributed by atoms with Crippen LogP contribution in [0.2, 0.25) is 0 Å². The lowest BCUT2D eigenvalue weighted by Crippen LogP contribution is -2.50. The van der Waals surface area contributed by atoms with Gasteiger partial charge < -0.3 is 0 Å². The highest BCUT2D eigenvalue weighted by Gasteiger charge is 2.72. The zero-order chi connectivity index (χ0) is 16.7. The predicted octanol–water partition coefficient (Wildman–Crippen LogP) is 4.71. The average Bonchev–Trinajstić information content (AvgIpc) is 2.99. The van der Waals surface area contributed by atoms with Crippen LogP contribution in [-0.4, -0.2) is 11.6 Å². The minimum absolute atomic E-state index is 0.103. The van der Waals surface area contributed by atoms with Crippen molar-refractivity contribution in [3.8, 4) is 0 Å². The highest BCUT2D eigenvalue weighted by Crippen LogP contribution is 2.77. The molecule has 0 radical (unpaired) electrons. The van der Waals surface area contributed by atoms with Crippen LogP contribution < -0.4 is 0 Å². The van der Waals surface area contributed by atoms with E-state index in [0.717, 1.165) is 38.5 Å². The van der Waals surface area contributed by atoms with Crippen molar-refractivity contribution in [2.45, 2.75) is 65.2 Å². The van der Waals surface area contributed by atoms with E-state index >= 15 is 0 Å². The summed E-state index contributed by atoms with van der Waals surface area (Å²) >= 11 is 0. The maximum absolute atomic E-state index is 12.6. The fourth-order valence-electron chi connectivity index (χ4n) is 7.32. The summed E-state index contributed by atoms with van der Waals surface area (Å²) in [7, 11) is 0. The van der Waals surface area contributed by atoms with Gasteiger partial charge in [0.25, 0.3) is 0 Å². The van der Waals surface area contributed by atoms with E-state index in [9.17, 15) is 9.59 Å². The highest BCUT2D eigenvalue weighted by atomic mass is 16.1. The van der Waals surface area contributed by atoms with Crippen molar-refractivity contribution in [1.82, 2.24) is 0 Å². The Balaban J connectivity index is 1.66. The number of rotatable bonds is 1. The number of carbonyl (C=O) groups is 2. The largest absolute Gasteiger partial charge is 0.299 e. The molecule has 5 rings (SSSR count). The summed E-state index contributed by atoms with van der Waals surface area (Å²) in [6, 6.07) is 0. The van der Waals surface area contributed by atoms with Gasteiger partial charge in [0.1, 0.15) is 5.78 Å². The number of hydrogen-bond acceptors (Lipinski definition) is 2. The third kappa shape index (κ3) is 1.41. The first-order valence-corrected chi connectivity index (χ1v) is 9.61. The standard InChI is InChI=1S/C22H26O2/c1-14(23)21-9-11-22(12-10-21)19-6-3-15-13-16(24)4-5-17(15)18(19)7-8-20(21,22)2/h9,11,13,19H,3-8,10,12H2,1-2H3/t19-,20-,21-,22?/m1/s1. The summed E-state index contributed by atoms with van der Waals surface area (Å²) in [6.07, 6.45) is 15.0. The second kappa shape index (κ2) is 4.39. The summed E-state index contributed by atoms with van der Waals surface area (Å²) in [4.78, 5) is 24.4. The molecule has 0 spiro atoms. The Labute approximate surface area is 144 Å². The molecule has 1 unspecified atom stereocenters. The lowest BCUT2D eigenvalue weighted by molar-refractivity contribution is -0.131. The fourth-order valence-corrected chi connectivity index (χ4v) is 7.32. The van der Waals surface area contributed by atoms with Gasteiger partial charge in [-0.1, -0.05) is 24.6 Å². The first kappa shape index (κ1) is 14.9. The van der Waals surface area contributed by atoms with Gasteiger partial charge in [-0.3, -0.25) is 9.59 Å². The molecule has 2 bridgehead atoms. The SMILES string of the molecule is CC(=O)[C@@]12C=CC3(CC1)[C@@H]1CCC4=CC(=O)CCC4=C1CC[C@@]32C. The second-order valence-corrected chi connectivity index (χ2v) is 8.96. The molecule has 2 nitrogen and oxygen atoms in total. The normalized spacial score (nSPS) is 45.7. The molecule has 5 aliphatic carbocycles. The van der Waals surface area contributed by atoms with Crippen LogP contribution in [0.5, 0.6) is 0 Å². The van der Waals surface area contributed by atoms with E-state index in [1.165, 1.54) is 17.6 Å². The fraction of sp³-hybridized carbons (Fsp3) is 0.636. The molecule has 0 aromatic rings. The van der Waals surface area contributed by atoms with Crippen molar-refractivity contribution < 1.29 is 9.59 Å². The number of hydrogen-bond donors (Lipinski definition) is 0. The van der Waals surface area contributed by atoms with Gasteiger partial charge in [-0.25, -0.2) is 0 Å². The summed E-state index contributed by atoms with van der Waals surface area (Å²) < 4.78 is 0. The van der Waals surface area contributed by atoms with Gasteiger partial charge in [0.05, 0.1) is 5.41 Å². The number of fused-ring (bicyclic) bond motifs is 2. The Morgan fingerprint density at radius 2 is 1.92 bits per heavy atom. The van der Waals surface area contributed by atoms with Crippen LogP contribution in [0.25, 0.3) is 0 Å². The third-order valence-corrected chi connectivity index (χ3v) is 8.61. The first-order valence-electron chi connectivity index (χ1n) is 9.61. The van der Waals surface area contributed by atoms with Crippen LogP contribution in [0.3, 0.4) is 0 Å². The van der Waals surface area contributed by atoms with Crippen molar-refractivity contribution in [2.75, 3.05) is 0 Å². The summed E-state index contributed by atoms with van der Waals surface area (Å²) in [6.45, 7) is 4.21. The first-order chi connectivity index (χ1) is 11.4. The predicted molar refractivity (Wildman–Crippen MR) is 93.3 cm³/mol.